The third-order valence-corrected chi connectivity index (χ3v) is 9.34. The number of unbranched alkanes of at least 4 members (excludes halogenated alkanes) is 7. The first kappa shape index (κ1) is 30.1. The highest BCUT2D eigenvalue weighted by Gasteiger charge is 2.64. The van der Waals surface area contributed by atoms with Crippen molar-refractivity contribution < 1.29 is 14.4 Å². The van der Waals surface area contributed by atoms with Crippen molar-refractivity contribution in [2.75, 3.05) is 0 Å². The van der Waals surface area contributed by atoms with Crippen molar-refractivity contribution in [2.24, 2.45) is 5.41 Å². The second kappa shape index (κ2) is 12.4. The molecular formula is C34H45N5O3. The lowest BCUT2D eigenvalue weighted by Crippen LogP contribution is -2.44. The summed E-state index contributed by atoms with van der Waals surface area (Å²) in [4.78, 5) is 50.4. The van der Waals surface area contributed by atoms with Crippen LogP contribution >= 0.6 is 0 Å². The molecule has 1 saturated heterocycles. The number of hydrogen-bond acceptors (Lipinski definition) is 6. The topological polar surface area (TPSA) is 98.1 Å². The number of carbonyl (C=O) groups is 3. The van der Waals surface area contributed by atoms with Crippen molar-refractivity contribution in [1.29, 1.82) is 0 Å². The molecule has 1 saturated carbocycles. The first-order valence-electron chi connectivity index (χ1n) is 15.8. The van der Waals surface area contributed by atoms with E-state index in [0.717, 1.165) is 47.9 Å². The highest BCUT2D eigenvalue weighted by Crippen LogP contribution is 2.59. The zero-order chi connectivity index (χ0) is 30.0. The summed E-state index contributed by atoms with van der Waals surface area (Å²) in [5.41, 5.74) is 3.81. The molecule has 224 valence electrons. The Morgan fingerprint density at radius 3 is 2.26 bits per heavy atom. The van der Waals surface area contributed by atoms with Crippen LogP contribution < -0.4 is 0 Å². The first-order chi connectivity index (χ1) is 20.1. The van der Waals surface area contributed by atoms with Crippen molar-refractivity contribution in [1.82, 2.24) is 24.6 Å². The van der Waals surface area contributed by atoms with Crippen LogP contribution in [0.25, 0.3) is 22.0 Å². The van der Waals surface area contributed by atoms with Gasteiger partial charge in [-0.3, -0.25) is 19.1 Å². The van der Waals surface area contributed by atoms with Crippen molar-refractivity contribution in [2.45, 2.75) is 124 Å². The predicted octanol–water partition coefficient (Wildman–Crippen LogP) is 6.79. The molecule has 0 bridgehead atoms. The van der Waals surface area contributed by atoms with Crippen LogP contribution in [0.5, 0.6) is 0 Å². The van der Waals surface area contributed by atoms with E-state index in [2.05, 4.69) is 28.9 Å². The monoisotopic (exact) mass is 571 g/mol. The summed E-state index contributed by atoms with van der Waals surface area (Å²) >= 11 is 0. The van der Waals surface area contributed by atoms with E-state index in [1.54, 1.807) is 17.1 Å². The van der Waals surface area contributed by atoms with Gasteiger partial charge in [-0.15, -0.1) is 0 Å². The lowest BCUT2D eigenvalue weighted by molar-refractivity contribution is -0.139. The average molecular weight is 572 g/mol. The van der Waals surface area contributed by atoms with Crippen LogP contribution in [0.4, 0.5) is 0 Å². The predicted molar refractivity (Wildman–Crippen MR) is 164 cm³/mol. The molecule has 1 aliphatic carbocycles. The Labute approximate surface area is 249 Å². The largest absolute Gasteiger partial charge is 0.327 e. The molecule has 2 aliphatic rings. The average Bonchev–Trinajstić information content (AvgIpc) is 3.30. The number of rotatable bonds is 14. The van der Waals surface area contributed by atoms with Crippen LogP contribution in [0, 0.1) is 19.3 Å². The summed E-state index contributed by atoms with van der Waals surface area (Å²) in [5, 5.41) is 5.35. The molecular weight excluding hydrogens is 526 g/mol. The standard InChI is InChI=1S/C34H45N5O3/c1-6-7-8-9-10-11-12-13-14-29(41)28-17-34(5)18-30(34)39(28)31(42)21-38-33-22(2)15-25(26-19-35-24(4)36-20-26)16-27(33)32(37-38)23(3)40/h15-16,19-20,28,30H,6-14,17-18,21H2,1-5H3/t28-,30+,34-/m0/s1. The number of likely N-dealkylation sites (tertiary alicyclic amines) is 1. The molecule has 0 spiro atoms. The minimum atomic E-state index is -0.353. The summed E-state index contributed by atoms with van der Waals surface area (Å²) in [7, 11) is 0. The number of amides is 1. The van der Waals surface area contributed by atoms with Crippen LogP contribution in [0.1, 0.15) is 113 Å². The Morgan fingerprint density at radius 1 is 0.929 bits per heavy atom. The van der Waals surface area contributed by atoms with Crippen LogP contribution in [0.3, 0.4) is 0 Å². The number of benzene rings is 1. The molecule has 1 aliphatic heterocycles. The molecule has 1 aromatic carbocycles. The third-order valence-electron chi connectivity index (χ3n) is 9.34. The van der Waals surface area contributed by atoms with E-state index in [1.807, 2.05) is 30.9 Å². The van der Waals surface area contributed by atoms with E-state index in [9.17, 15) is 14.4 Å². The van der Waals surface area contributed by atoms with Gasteiger partial charge in [0, 0.05) is 42.7 Å². The van der Waals surface area contributed by atoms with Gasteiger partial charge in [0.15, 0.2) is 11.6 Å². The summed E-state index contributed by atoms with van der Waals surface area (Å²) in [6.07, 6.45) is 15.3. The molecule has 2 fully saturated rings. The molecule has 0 unspecified atom stereocenters. The van der Waals surface area contributed by atoms with Crippen LogP contribution in [0.15, 0.2) is 24.5 Å². The first-order valence-corrected chi connectivity index (χ1v) is 15.8. The number of fused-ring (bicyclic) bond motifs is 2. The van der Waals surface area contributed by atoms with E-state index in [-0.39, 0.29) is 41.5 Å². The Morgan fingerprint density at radius 2 is 1.60 bits per heavy atom. The Balaban J connectivity index is 1.31. The zero-order valence-electron chi connectivity index (χ0n) is 25.9. The molecule has 3 heterocycles. The molecule has 5 rings (SSSR count). The number of hydrogen-bond donors (Lipinski definition) is 0. The van der Waals surface area contributed by atoms with E-state index in [1.165, 1.54) is 45.4 Å². The highest BCUT2D eigenvalue weighted by atomic mass is 16.2. The van der Waals surface area contributed by atoms with Crippen molar-refractivity contribution in [3.05, 3.63) is 41.6 Å². The number of carbonyl (C=O) groups excluding carboxylic acids is 3. The van der Waals surface area contributed by atoms with Gasteiger partial charge in [-0.05, 0) is 61.8 Å². The Kier molecular flexibility index (Phi) is 8.90. The smallest absolute Gasteiger partial charge is 0.245 e. The summed E-state index contributed by atoms with van der Waals surface area (Å²) < 4.78 is 1.66. The fourth-order valence-corrected chi connectivity index (χ4v) is 6.83. The number of nitrogens with zero attached hydrogens (tertiary/aromatic N) is 5. The molecule has 8 nitrogen and oxygen atoms in total. The molecule has 0 radical (unpaired) electrons. The van der Waals surface area contributed by atoms with E-state index < -0.39 is 0 Å². The Bertz CT molecular complexity index is 1480. The number of aryl methyl sites for hydroxylation is 2. The quantitative estimate of drug-likeness (QED) is 0.156. The lowest BCUT2D eigenvalue weighted by atomic mass is 9.96. The van der Waals surface area contributed by atoms with Gasteiger partial charge in [0.2, 0.25) is 5.91 Å². The number of piperidine rings is 1. The summed E-state index contributed by atoms with van der Waals surface area (Å²) in [5.74, 6) is 0.636. The molecule has 0 N–H and O–H groups in total. The molecule has 8 heteroatoms. The van der Waals surface area contributed by atoms with E-state index in [0.29, 0.717) is 23.3 Å². The minimum absolute atomic E-state index is 0.00568. The molecule has 3 aromatic rings. The van der Waals surface area contributed by atoms with Gasteiger partial charge >= 0.3 is 0 Å². The van der Waals surface area contributed by atoms with E-state index in [4.69, 9.17) is 0 Å². The van der Waals surface area contributed by atoms with Crippen molar-refractivity contribution in [3.63, 3.8) is 0 Å². The molecule has 3 atom stereocenters. The second-order valence-electron chi connectivity index (χ2n) is 12.9. The minimum Gasteiger partial charge on any atom is -0.327 e. The molecule has 1 amide bonds. The van der Waals surface area contributed by atoms with Gasteiger partial charge in [0.25, 0.3) is 0 Å². The fraction of sp³-hybridized carbons (Fsp3) is 0.588. The van der Waals surface area contributed by atoms with Gasteiger partial charge in [0.05, 0.1) is 11.6 Å². The maximum Gasteiger partial charge on any atom is 0.245 e. The van der Waals surface area contributed by atoms with Crippen molar-refractivity contribution >= 4 is 28.4 Å². The number of aromatic nitrogens is 4. The maximum absolute atomic E-state index is 13.9. The zero-order valence-corrected chi connectivity index (χ0v) is 25.9. The summed E-state index contributed by atoms with van der Waals surface area (Å²) in [6.45, 7) is 9.74. The van der Waals surface area contributed by atoms with Crippen LogP contribution in [-0.4, -0.2) is 54.2 Å². The van der Waals surface area contributed by atoms with Gasteiger partial charge in [-0.1, -0.05) is 58.8 Å². The van der Waals surface area contributed by atoms with Gasteiger partial charge in [-0.2, -0.15) is 5.10 Å². The molecule has 2 aromatic heterocycles. The molecule has 42 heavy (non-hydrogen) atoms. The second-order valence-corrected chi connectivity index (χ2v) is 12.9. The number of ketones is 2. The van der Waals surface area contributed by atoms with Gasteiger partial charge in [-0.25, -0.2) is 9.97 Å². The van der Waals surface area contributed by atoms with E-state index >= 15 is 0 Å². The fourth-order valence-electron chi connectivity index (χ4n) is 6.83. The van der Waals surface area contributed by atoms with Gasteiger partial charge < -0.3 is 4.90 Å². The normalized spacial score (nSPS) is 21.1. The number of Topliss-reactive ketones (excluding diaryl/α,β-unsaturated/α-hetero) is 2. The van der Waals surface area contributed by atoms with Gasteiger partial charge in [0.1, 0.15) is 18.1 Å². The SMILES string of the molecule is CCCCCCCCCCC(=O)[C@@H]1C[C@@]2(C)C[C@H]2N1C(=O)Cn1nc(C(C)=O)c2cc(-c3cnc(C)nc3)cc(C)c21. The lowest BCUT2D eigenvalue weighted by Gasteiger charge is -2.27. The highest BCUT2D eigenvalue weighted by molar-refractivity contribution is 6.07. The Hall–Kier alpha value is -3.42. The summed E-state index contributed by atoms with van der Waals surface area (Å²) in [6, 6.07) is 3.72. The van der Waals surface area contributed by atoms with Crippen LogP contribution in [0.2, 0.25) is 0 Å². The third kappa shape index (κ3) is 6.18. The van der Waals surface area contributed by atoms with Crippen molar-refractivity contribution in [3.8, 4) is 11.1 Å². The van der Waals surface area contributed by atoms with Crippen LogP contribution in [-0.2, 0) is 16.1 Å². The maximum atomic E-state index is 13.9.